The molecule has 1 unspecified atom stereocenters. The Balaban J connectivity index is 1.63. The van der Waals surface area contributed by atoms with Gasteiger partial charge in [0, 0.05) is 36.7 Å². The molecule has 182 valence electrons. The van der Waals surface area contributed by atoms with Crippen molar-refractivity contribution in [2.24, 2.45) is 0 Å². The van der Waals surface area contributed by atoms with Gasteiger partial charge in [-0.25, -0.2) is 12.8 Å². The number of hydrogen-bond donors (Lipinski definition) is 1. The van der Waals surface area contributed by atoms with Gasteiger partial charge < -0.3 is 19.1 Å². The van der Waals surface area contributed by atoms with Crippen molar-refractivity contribution in [1.82, 2.24) is 8.87 Å². The second-order valence-electron chi connectivity index (χ2n) is 8.60. The first-order chi connectivity index (χ1) is 16.1. The van der Waals surface area contributed by atoms with E-state index in [4.69, 9.17) is 9.47 Å². The molecule has 8 nitrogen and oxygen atoms in total. The molecule has 2 heterocycles. The van der Waals surface area contributed by atoms with Crippen LogP contribution in [0, 0.1) is 5.82 Å². The summed E-state index contributed by atoms with van der Waals surface area (Å²) in [5, 5.41) is 9.86. The van der Waals surface area contributed by atoms with Crippen LogP contribution < -0.4 is 9.47 Å². The Morgan fingerprint density at radius 3 is 2.56 bits per heavy atom. The predicted octanol–water partition coefficient (Wildman–Crippen LogP) is 3.84. The summed E-state index contributed by atoms with van der Waals surface area (Å²) in [4.78, 5) is 11.5. The zero-order chi connectivity index (χ0) is 24.6. The average molecular weight is 491 g/mol. The van der Waals surface area contributed by atoms with Crippen molar-refractivity contribution in [1.29, 1.82) is 0 Å². The van der Waals surface area contributed by atoms with Crippen molar-refractivity contribution in [3.05, 3.63) is 54.0 Å². The third-order valence-electron chi connectivity index (χ3n) is 5.92. The summed E-state index contributed by atoms with van der Waals surface area (Å²) in [6, 6.07) is 9.13. The number of carboxylic acid groups (broad SMARTS) is 1. The Morgan fingerprint density at radius 2 is 1.94 bits per heavy atom. The highest BCUT2D eigenvalue weighted by Gasteiger charge is 2.35. The van der Waals surface area contributed by atoms with Gasteiger partial charge in [0.1, 0.15) is 12.3 Å². The van der Waals surface area contributed by atoms with E-state index in [1.54, 1.807) is 18.3 Å². The van der Waals surface area contributed by atoms with Gasteiger partial charge in [0.2, 0.25) is 10.0 Å². The normalized spacial score (nSPS) is 16.9. The number of carboxylic acids is 1. The molecule has 0 bridgehead atoms. The Labute approximate surface area is 197 Å². The average Bonchev–Trinajstić information content (AvgIpc) is 3.38. The minimum Gasteiger partial charge on any atom is -0.494 e. The number of aromatic nitrogens is 1. The molecule has 34 heavy (non-hydrogen) atoms. The molecule has 1 aliphatic rings. The predicted molar refractivity (Wildman–Crippen MR) is 124 cm³/mol. The lowest BCUT2D eigenvalue weighted by Crippen LogP contribution is -2.28. The minimum atomic E-state index is -3.73. The summed E-state index contributed by atoms with van der Waals surface area (Å²) < 4.78 is 54.5. The van der Waals surface area contributed by atoms with Crippen molar-refractivity contribution in [3.63, 3.8) is 0 Å². The van der Waals surface area contributed by atoms with Crippen LogP contribution in [0.3, 0.4) is 0 Å². The van der Waals surface area contributed by atoms with Crippen molar-refractivity contribution >= 4 is 26.9 Å². The van der Waals surface area contributed by atoms with Gasteiger partial charge in [-0.05, 0) is 56.2 Å². The highest BCUT2D eigenvalue weighted by Crippen LogP contribution is 2.38. The molecule has 10 heteroatoms. The van der Waals surface area contributed by atoms with E-state index in [1.807, 2.05) is 13.8 Å². The first-order valence-corrected chi connectivity index (χ1v) is 12.4. The van der Waals surface area contributed by atoms with E-state index in [-0.39, 0.29) is 35.8 Å². The molecule has 3 aromatic rings. The summed E-state index contributed by atoms with van der Waals surface area (Å²) >= 11 is 0. The summed E-state index contributed by atoms with van der Waals surface area (Å²) in [6.07, 6.45) is 2.19. The van der Waals surface area contributed by atoms with Gasteiger partial charge in [0.05, 0.1) is 23.6 Å². The lowest BCUT2D eigenvalue weighted by atomic mass is 9.98. The molecule has 1 N–H and O–H groups in total. The molecule has 1 aromatic heterocycles. The number of methoxy groups -OCH3 is 1. The van der Waals surface area contributed by atoms with Crippen LogP contribution >= 0.6 is 0 Å². The Kier molecular flexibility index (Phi) is 6.55. The standard InChI is InChI=1S/C24H27FN2O6S/c1-15(2)33-17-4-6-18(7-5-17)34(30,31)27-9-8-16(12-27)20-13-26(14-24(28)29)22-11-23(32-3)21(25)10-19(20)22/h4-7,10-11,13,15-16H,8-9,12,14H2,1-3H3,(H,28,29). The van der Waals surface area contributed by atoms with E-state index in [9.17, 15) is 22.7 Å². The van der Waals surface area contributed by atoms with Gasteiger partial charge in [-0.3, -0.25) is 4.79 Å². The number of aliphatic carboxylic acids is 1. The summed E-state index contributed by atoms with van der Waals surface area (Å²) in [5.74, 6) is -1.19. The highest BCUT2D eigenvalue weighted by atomic mass is 32.2. The summed E-state index contributed by atoms with van der Waals surface area (Å²) in [5.41, 5.74) is 1.24. The fourth-order valence-electron chi connectivity index (χ4n) is 4.39. The largest absolute Gasteiger partial charge is 0.494 e. The van der Waals surface area contributed by atoms with E-state index < -0.39 is 21.8 Å². The van der Waals surface area contributed by atoms with Crippen LogP contribution in [-0.4, -0.2) is 54.7 Å². The van der Waals surface area contributed by atoms with Crippen LogP contribution in [0.25, 0.3) is 10.9 Å². The third kappa shape index (κ3) is 4.60. The SMILES string of the molecule is COc1cc2c(cc1F)c(C1CCN(S(=O)(=O)c3ccc(OC(C)C)cc3)C1)cn2CC(=O)O. The van der Waals surface area contributed by atoms with Crippen LogP contribution in [-0.2, 0) is 21.4 Å². The second kappa shape index (κ2) is 9.27. The molecule has 0 saturated carbocycles. The van der Waals surface area contributed by atoms with Crippen LogP contribution in [0.4, 0.5) is 4.39 Å². The van der Waals surface area contributed by atoms with Crippen molar-refractivity contribution in [3.8, 4) is 11.5 Å². The number of ether oxygens (including phenoxy) is 2. The zero-order valence-electron chi connectivity index (χ0n) is 19.2. The van der Waals surface area contributed by atoms with Crippen LogP contribution in [0.15, 0.2) is 47.5 Å². The molecule has 0 radical (unpaired) electrons. The maximum absolute atomic E-state index is 14.5. The minimum absolute atomic E-state index is 0.0179. The van der Waals surface area contributed by atoms with Gasteiger partial charge >= 0.3 is 5.97 Å². The number of rotatable bonds is 8. The fraction of sp³-hybridized carbons (Fsp3) is 0.375. The Bertz CT molecular complexity index is 1320. The molecule has 4 rings (SSSR count). The smallest absolute Gasteiger partial charge is 0.323 e. The molecule has 1 aliphatic heterocycles. The number of nitrogens with zero attached hydrogens (tertiary/aromatic N) is 2. The monoisotopic (exact) mass is 490 g/mol. The van der Waals surface area contributed by atoms with Gasteiger partial charge in [-0.2, -0.15) is 4.31 Å². The molecule has 0 spiro atoms. The van der Waals surface area contributed by atoms with Crippen LogP contribution in [0.1, 0.15) is 31.7 Å². The molecule has 1 fully saturated rings. The molecule has 2 aromatic carbocycles. The molecule has 1 saturated heterocycles. The maximum Gasteiger partial charge on any atom is 0.323 e. The number of fused-ring (bicyclic) bond motifs is 1. The third-order valence-corrected chi connectivity index (χ3v) is 7.79. The number of carbonyl (C=O) groups is 1. The van der Waals surface area contributed by atoms with Gasteiger partial charge in [-0.15, -0.1) is 0 Å². The van der Waals surface area contributed by atoms with Gasteiger partial charge in [0.25, 0.3) is 0 Å². The first kappa shape index (κ1) is 24.0. The Hall–Kier alpha value is -3.11. The van der Waals surface area contributed by atoms with E-state index >= 15 is 0 Å². The topological polar surface area (TPSA) is 98.1 Å². The van der Waals surface area contributed by atoms with Gasteiger partial charge in [0.15, 0.2) is 11.6 Å². The van der Waals surface area contributed by atoms with Crippen molar-refractivity contribution in [2.45, 2.75) is 43.7 Å². The number of benzene rings is 2. The molecule has 0 aliphatic carbocycles. The van der Waals surface area contributed by atoms with Gasteiger partial charge in [-0.1, -0.05) is 0 Å². The summed E-state index contributed by atoms with van der Waals surface area (Å²) in [7, 11) is -2.38. The lowest BCUT2D eigenvalue weighted by Gasteiger charge is -2.17. The Morgan fingerprint density at radius 1 is 1.24 bits per heavy atom. The maximum atomic E-state index is 14.5. The number of hydrogen-bond acceptors (Lipinski definition) is 5. The fourth-order valence-corrected chi connectivity index (χ4v) is 5.89. The molecule has 1 atom stereocenters. The molecular weight excluding hydrogens is 463 g/mol. The number of halogens is 1. The van der Waals surface area contributed by atoms with Crippen LogP contribution in [0.5, 0.6) is 11.5 Å². The molecular formula is C24H27FN2O6S. The first-order valence-electron chi connectivity index (χ1n) is 10.9. The van der Waals surface area contributed by atoms with Crippen LogP contribution in [0.2, 0.25) is 0 Å². The zero-order valence-corrected chi connectivity index (χ0v) is 20.0. The van der Waals surface area contributed by atoms with E-state index in [0.29, 0.717) is 29.6 Å². The second-order valence-corrected chi connectivity index (χ2v) is 10.5. The van der Waals surface area contributed by atoms with Crippen molar-refractivity contribution < 1.29 is 32.2 Å². The quantitative estimate of drug-likeness (QED) is 0.515. The molecule has 0 amide bonds. The highest BCUT2D eigenvalue weighted by molar-refractivity contribution is 7.89. The van der Waals surface area contributed by atoms with E-state index in [1.165, 1.54) is 40.2 Å². The number of sulfonamides is 1. The van der Waals surface area contributed by atoms with Crippen molar-refractivity contribution in [2.75, 3.05) is 20.2 Å². The van der Waals surface area contributed by atoms with E-state index in [0.717, 1.165) is 5.56 Å². The summed E-state index contributed by atoms with van der Waals surface area (Å²) in [6.45, 7) is 4.01. The van der Waals surface area contributed by atoms with E-state index in [2.05, 4.69) is 0 Å². The lowest BCUT2D eigenvalue weighted by molar-refractivity contribution is -0.137.